The molecule has 0 aliphatic carbocycles. The third-order valence-electron chi connectivity index (χ3n) is 2.32. The summed E-state index contributed by atoms with van der Waals surface area (Å²) in [6.07, 6.45) is 3.57. The second-order valence-electron chi connectivity index (χ2n) is 3.50. The molecule has 2 unspecified atom stereocenters. The van der Waals surface area contributed by atoms with Crippen molar-refractivity contribution in [2.45, 2.75) is 24.9 Å². The maximum absolute atomic E-state index is 9.04. The van der Waals surface area contributed by atoms with Gasteiger partial charge in [-0.05, 0) is 12.1 Å². The molecule has 2 N–H and O–H groups in total. The van der Waals surface area contributed by atoms with Crippen LogP contribution in [0.2, 0.25) is 0 Å². The van der Waals surface area contributed by atoms with Gasteiger partial charge in [-0.15, -0.1) is 6.58 Å². The Bertz CT molecular complexity index is 329. The lowest BCUT2D eigenvalue weighted by Crippen LogP contribution is -2.20. The lowest BCUT2D eigenvalue weighted by Gasteiger charge is -2.13. The largest absolute Gasteiger partial charge is 0.366 e. The number of nitrogens with one attached hydrogen (secondary N) is 1. The number of hydrogen-bond acceptors (Lipinski definition) is 4. The molecule has 1 aromatic rings. The molecule has 0 bridgehead atoms. The van der Waals surface area contributed by atoms with Crippen LogP contribution in [0.4, 0.5) is 5.82 Å². The number of epoxide rings is 1. The highest BCUT2D eigenvalue weighted by atomic mass is 16.7. The van der Waals surface area contributed by atoms with Gasteiger partial charge in [-0.3, -0.25) is 0 Å². The van der Waals surface area contributed by atoms with Crippen LogP contribution < -0.4 is 5.32 Å². The Morgan fingerprint density at radius 3 is 3.00 bits per heavy atom. The van der Waals surface area contributed by atoms with E-state index in [0.717, 1.165) is 5.82 Å². The lowest BCUT2D eigenvalue weighted by molar-refractivity contribution is 0.156. The normalized spacial score (nSPS) is 25.7. The van der Waals surface area contributed by atoms with Crippen LogP contribution in [0.5, 0.6) is 0 Å². The minimum Gasteiger partial charge on any atom is -0.366 e. The first kappa shape index (κ1) is 10.1. The van der Waals surface area contributed by atoms with E-state index in [1.54, 1.807) is 12.3 Å². The Hall–Kier alpha value is -1.39. The number of hydrogen-bond donors (Lipinski definition) is 2. The van der Waals surface area contributed by atoms with Gasteiger partial charge >= 0.3 is 0 Å². The number of aromatic nitrogens is 1. The molecule has 4 heteroatoms. The third-order valence-corrected chi connectivity index (χ3v) is 2.32. The van der Waals surface area contributed by atoms with Crippen molar-refractivity contribution in [2.24, 2.45) is 0 Å². The number of ether oxygens (including phenoxy) is 1. The quantitative estimate of drug-likeness (QED) is 0.560. The van der Waals surface area contributed by atoms with Crippen LogP contribution in [0.1, 0.15) is 6.42 Å². The Kier molecular flexibility index (Phi) is 2.99. The summed E-state index contributed by atoms with van der Waals surface area (Å²) in [6, 6.07) is 5.74. The second kappa shape index (κ2) is 4.42. The van der Waals surface area contributed by atoms with Crippen LogP contribution >= 0.6 is 0 Å². The minimum absolute atomic E-state index is 0.0655. The zero-order valence-corrected chi connectivity index (χ0v) is 8.34. The first-order valence-electron chi connectivity index (χ1n) is 4.93. The van der Waals surface area contributed by atoms with E-state index in [9.17, 15) is 0 Å². The Labute approximate surface area is 88.6 Å². The summed E-state index contributed by atoms with van der Waals surface area (Å²) in [5, 5.41) is 12.2. The fraction of sp³-hybridized carbons (Fsp3) is 0.364. The maximum Gasteiger partial charge on any atom is 0.181 e. The molecular weight excluding hydrogens is 192 g/mol. The molecule has 1 aromatic heterocycles. The van der Waals surface area contributed by atoms with Gasteiger partial charge in [0.25, 0.3) is 0 Å². The number of aliphatic hydroxyl groups is 1. The first-order valence-corrected chi connectivity index (χ1v) is 4.93. The van der Waals surface area contributed by atoms with Crippen molar-refractivity contribution in [3.8, 4) is 0 Å². The Morgan fingerprint density at radius 1 is 1.67 bits per heavy atom. The van der Waals surface area contributed by atoms with E-state index in [0.29, 0.717) is 6.42 Å². The molecule has 1 saturated heterocycles. The average molecular weight is 206 g/mol. The van der Waals surface area contributed by atoms with Gasteiger partial charge in [0.1, 0.15) is 11.9 Å². The molecule has 0 radical (unpaired) electrons. The molecule has 2 heterocycles. The second-order valence-corrected chi connectivity index (χ2v) is 3.50. The van der Waals surface area contributed by atoms with Crippen LogP contribution in [0.25, 0.3) is 0 Å². The van der Waals surface area contributed by atoms with Crippen molar-refractivity contribution in [1.29, 1.82) is 0 Å². The lowest BCUT2D eigenvalue weighted by atomic mass is 10.1. The molecule has 0 aromatic carbocycles. The van der Waals surface area contributed by atoms with Crippen molar-refractivity contribution in [3.63, 3.8) is 0 Å². The van der Waals surface area contributed by atoms with Gasteiger partial charge in [-0.2, -0.15) is 0 Å². The number of nitrogens with zero attached hydrogens (tertiary/aromatic N) is 1. The van der Waals surface area contributed by atoms with E-state index in [-0.39, 0.29) is 12.1 Å². The van der Waals surface area contributed by atoms with Crippen LogP contribution in [0.15, 0.2) is 37.1 Å². The van der Waals surface area contributed by atoms with Crippen molar-refractivity contribution in [1.82, 2.24) is 4.98 Å². The number of pyridine rings is 1. The highest BCUT2D eigenvalue weighted by Crippen LogP contribution is 2.24. The molecular formula is C11H14N2O2. The average Bonchev–Trinajstić information content (AvgIpc) is 2.95. The zero-order chi connectivity index (χ0) is 10.7. The molecule has 1 aliphatic rings. The monoisotopic (exact) mass is 206 g/mol. The molecule has 1 fully saturated rings. The van der Waals surface area contributed by atoms with Crippen LogP contribution in [0.3, 0.4) is 0 Å². The van der Waals surface area contributed by atoms with Gasteiger partial charge in [-0.1, -0.05) is 12.1 Å². The van der Waals surface area contributed by atoms with Crippen LogP contribution in [0, 0.1) is 0 Å². The van der Waals surface area contributed by atoms with Crippen LogP contribution in [-0.2, 0) is 4.74 Å². The van der Waals surface area contributed by atoms with Gasteiger partial charge in [0, 0.05) is 18.7 Å². The molecule has 80 valence electrons. The smallest absolute Gasteiger partial charge is 0.181 e. The molecule has 0 saturated carbocycles. The highest BCUT2D eigenvalue weighted by molar-refractivity contribution is 5.35. The topological polar surface area (TPSA) is 57.7 Å². The molecule has 2 rings (SSSR count). The number of anilines is 1. The summed E-state index contributed by atoms with van der Waals surface area (Å²) in [7, 11) is 0. The van der Waals surface area contributed by atoms with Gasteiger partial charge in [-0.25, -0.2) is 4.98 Å². The summed E-state index contributed by atoms with van der Waals surface area (Å²) in [6.45, 7) is 3.74. The highest BCUT2D eigenvalue weighted by Gasteiger charge is 2.38. The van der Waals surface area contributed by atoms with Crippen molar-refractivity contribution in [3.05, 3.63) is 37.1 Å². The summed E-state index contributed by atoms with van der Waals surface area (Å²) >= 11 is 0. The van der Waals surface area contributed by atoms with Gasteiger partial charge < -0.3 is 15.2 Å². The number of aliphatic hydroxyl groups excluding tert-OH is 1. The summed E-state index contributed by atoms with van der Waals surface area (Å²) in [5.41, 5.74) is 0. The third kappa shape index (κ3) is 2.78. The van der Waals surface area contributed by atoms with E-state index in [1.165, 1.54) is 0 Å². The molecule has 1 aliphatic heterocycles. The molecule has 0 spiro atoms. The molecule has 15 heavy (non-hydrogen) atoms. The summed E-state index contributed by atoms with van der Waals surface area (Å²) < 4.78 is 4.93. The SMILES string of the molecule is C=C[C@H](CC1OC1O)Nc1ccccn1. The molecule has 0 amide bonds. The summed E-state index contributed by atoms with van der Waals surface area (Å²) in [5.74, 6) is 0.803. The van der Waals surface area contributed by atoms with E-state index >= 15 is 0 Å². The Balaban J connectivity index is 1.88. The van der Waals surface area contributed by atoms with Crippen molar-refractivity contribution >= 4 is 5.82 Å². The zero-order valence-electron chi connectivity index (χ0n) is 8.34. The van der Waals surface area contributed by atoms with Gasteiger partial charge in [0.15, 0.2) is 6.29 Å². The van der Waals surface area contributed by atoms with Gasteiger partial charge in [0.05, 0.1) is 0 Å². The summed E-state index contributed by atoms with van der Waals surface area (Å²) in [4.78, 5) is 4.15. The van der Waals surface area contributed by atoms with E-state index in [1.807, 2.05) is 18.2 Å². The Morgan fingerprint density at radius 2 is 2.47 bits per heavy atom. The molecule has 3 atom stereocenters. The number of rotatable bonds is 5. The van der Waals surface area contributed by atoms with Crippen molar-refractivity contribution in [2.75, 3.05) is 5.32 Å². The fourth-order valence-corrected chi connectivity index (χ4v) is 1.41. The predicted octanol–water partition coefficient (Wildman–Crippen LogP) is 1.16. The van der Waals surface area contributed by atoms with Crippen molar-refractivity contribution < 1.29 is 9.84 Å². The standard InChI is InChI=1S/C11H14N2O2/c1-2-8(7-9-11(14)15-9)13-10-5-3-4-6-12-10/h2-6,8-9,11,14H,1,7H2,(H,12,13)/t8-,9?,11?/m1/s1. The first-order chi connectivity index (χ1) is 7.29. The fourth-order valence-electron chi connectivity index (χ4n) is 1.41. The van der Waals surface area contributed by atoms with E-state index in [2.05, 4.69) is 16.9 Å². The maximum atomic E-state index is 9.04. The van der Waals surface area contributed by atoms with Gasteiger partial charge in [0.2, 0.25) is 0 Å². The minimum atomic E-state index is -0.599. The van der Waals surface area contributed by atoms with E-state index in [4.69, 9.17) is 9.84 Å². The predicted molar refractivity (Wildman–Crippen MR) is 57.3 cm³/mol. The molecule has 4 nitrogen and oxygen atoms in total. The van der Waals surface area contributed by atoms with E-state index < -0.39 is 6.29 Å². The van der Waals surface area contributed by atoms with Crippen LogP contribution in [-0.4, -0.2) is 28.5 Å².